The molecule has 0 amide bonds. The number of hydrogen-bond donors (Lipinski definition) is 1. The van der Waals surface area contributed by atoms with Gasteiger partial charge >= 0.3 is 5.97 Å². The third kappa shape index (κ3) is 4.25. The highest BCUT2D eigenvalue weighted by Gasteiger charge is 2.20. The Morgan fingerprint density at radius 2 is 1.77 bits per heavy atom. The number of hydrogen-bond acceptors (Lipinski definition) is 3. The third-order valence-corrected chi connectivity index (χ3v) is 3.30. The first-order chi connectivity index (χ1) is 10.5. The van der Waals surface area contributed by atoms with Crippen LogP contribution in [0.15, 0.2) is 42.5 Å². The predicted molar refractivity (Wildman–Crippen MR) is 84.7 cm³/mol. The van der Waals surface area contributed by atoms with Crippen molar-refractivity contribution in [1.82, 2.24) is 0 Å². The molecule has 0 aromatic heterocycles. The highest BCUT2D eigenvalue weighted by molar-refractivity contribution is 5.73. The second-order valence-electron chi connectivity index (χ2n) is 5.32. The summed E-state index contributed by atoms with van der Waals surface area (Å²) in [6.45, 7) is 3.91. The molecule has 0 saturated carbocycles. The Labute approximate surface area is 130 Å². The molecule has 1 unspecified atom stereocenters. The van der Waals surface area contributed by atoms with Gasteiger partial charge in [-0.1, -0.05) is 18.2 Å². The summed E-state index contributed by atoms with van der Waals surface area (Å²) in [5, 5.41) is 9.40. The maximum absolute atomic E-state index is 11.5. The van der Waals surface area contributed by atoms with Crippen LogP contribution in [-0.4, -0.2) is 24.3 Å². The molecule has 2 aromatic rings. The number of carboxylic acids is 1. The van der Waals surface area contributed by atoms with Crippen molar-refractivity contribution >= 4 is 5.97 Å². The maximum Gasteiger partial charge on any atom is 0.345 e. The maximum atomic E-state index is 11.5. The summed E-state index contributed by atoms with van der Waals surface area (Å²) in [6.07, 6.45) is -0.659. The van der Waals surface area contributed by atoms with Crippen molar-refractivity contribution in [3.05, 3.63) is 59.2 Å². The van der Waals surface area contributed by atoms with Gasteiger partial charge in [-0.15, -0.1) is 0 Å². The van der Waals surface area contributed by atoms with Crippen molar-refractivity contribution in [2.24, 2.45) is 0 Å². The van der Waals surface area contributed by atoms with Gasteiger partial charge in [0.05, 0.1) is 7.11 Å². The lowest BCUT2D eigenvalue weighted by Gasteiger charge is -2.16. The van der Waals surface area contributed by atoms with Crippen LogP contribution >= 0.6 is 0 Å². The molecule has 2 rings (SSSR count). The van der Waals surface area contributed by atoms with Crippen molar-refractivity contribution in [3.63, 3.8) is 0 Å². The second kappa shape index (κ2) is 6.98. The Bertz CT molecular complexity index is 644. The summed E-state index contributed by atoms with van der Waals surface area (Å²) in [6, 6.07) is 13.0. The topological polar surface area (TPSA) is 55.8 Å². The molecule has 0 aliphatic heterocycles. The molecule has 4 nitrogen and oxygen atoms in total. The molecule has 1 N–H and O–H groups in total. The van der Waals surface area contributed by atoms with E-state index in [0.29, 0.717) is 11.5 Å². The van der Waals surface area contributed by atoms with Crippen molar-refractivity contribution in [1.29, 1.82) is 0 Å². The molecule has 0 radical (unpaired) electrons. The molecule has 0 heterocycles. The van der Waals surface area contributed by atoms with Crippen LogP contribution < -0.4 is 9.47 Å². The van der Waals surface area contributed by atoms with Gasteiger partial charge in [-0.3, -0.25) is 0 Å². The third-order valence-electron chi connectivity index (χ3n) is 3.30. The van der Waals surface area contributed by atoms with E-state index in [2.05, 4.69) is 0 Å². The summed E-state index contributed by atoms with van der Waals surface area (Å²) >= 11 is 0. The summed E-state index contributed by atoms with van der Waals surface area (Å²) < 4.78 is 10.8. The summed E-state index contributed by atoms with van der Waals surface area (Å²) in [4.78, 5) is 11.5. The smallest absolute Gasteiger partial charge is 0.345 e. The van der Waals surface area contributed by atoms with Crippen LogP contribution in [0.4, 0.5) is 0 Å². The van der Waals surface area contributed by atoms with E-state index in [1.807, 2.05) is 56.3 Å². The standard InChI is InChI=1S/C18H20O4/c1-12-7-13(2)9-16(8-12)22-17(18(19)20)11-14-5-4-6-15(10-14)21-3/h4-10,17H,11H2,1-3H3,(H,19,20). The molecule has 4 heteroatoms. The first kappa shape index (κ1) is 15.9. The van der Waals surface area contributed by atoms with Crippen LogP contribution in [0, 0.1) is 13.8 Å². The zero-order valence-corrected chi connectivity index (χ0v) is 13.0. The van der Waals surface area contributed by atoms with Crippen molar-refractivity contribution < 1.29 is 19.4 Å². The van der Waals surface area contributed by atoms with E-state index in [0.717, 1.165) is 16.7 Å². The summed E-state index contributed by atoms with van der Waals surface area (Å²) in [5.74, 6) is 0.294. The van der Waals surface area contributed by atoms with E-state index in [-0.39, 0.29) is 6.42 Å². The first-order valence-corrected chi connectivity index (χ1v) is 7.08. The normalized spacial score (nSPS) is 11.8. The van der Waals surface area contributed by atoms with Crippen LogP contribution in [0.2, 0.25) is 0 Å². The number of ether oxygens (including phenoxy) is 2. The molecule has 0 spiro atoms. The van der Waals surface area contributed by atoms with Gasteiger partial charge in [0, 0.05) is 6.42 Å². The number of aliphatic carboxylic acids is 1. The largest absolute Gasteiger partial charge is 0.497 e. The van der Waals surface area contributed by atoms with E-state index in [1.54, 1.807) is 7.11 Å². The summed E-state index contributed by atoms with van der Waals surface area (Å²) in [5.41, 5.74) is 2.94. The van der Waals surface area contributed by atoms with Crippen LogP contribution in [0.25, 0.3) is 0 Å². The van der Waals surface area contributed by atoms with E-state index >= 15 is 0 Å². The minimum atomic E-state index is -0.984. The van der Waals surface area contributed by atoms with Gasteiger partial charge in [-0.25, -0.2) is 4.79 Å². The molecule has 1 atom stereocenters. The fourth-order valence-corrected chi connectivity index (χ4v) is 2.36. The molecule has 2 aromatic carbocycles. The highest BCUT2D eigenvalue weighted by Crippen LogP contribution is 2.20. The SMILES string of the molecule is COc1cccc(CC(Oc2cc(C)cc(C)c2)C(=O)O)c1. The van der Waals surface area contributed by atoms with Crippen molar-refractivity contribution in [2.75, 3.05) is 7.11 Å². The second-order valence-corrected chi connectivity index (χ2v) is 5.32. The van der Waals surface area contributed by atoms with Gasteiger partial charge in [-0.2, -0.15) is 0 Å². The number of carbonyl (C=O) groups is 1. The molecular formula is C18H20O4. The molecule has 0 bridgehead atoms. The Balaban J connectivity index is 2.17. The van der Waals surface area contributed by atoms with Gasteiger partial charge < -0.3 is 14.6 Å². The number of methoxy groups -OCH3 is 1. The number of aryl methyl sites for hydroxylation is 2. The van der Waals surface area contributed by atoms with Crippen LogP contribution in [-0.2, 0) is 11.2 Å². The van der Waals surface area contributed by atoms with Crippen molar-refractivity contribution in [2.45, 2.75) is 26.4 Å². The number of carboxylic acid groups (broad SMARTS) is 1. The average molecular weight is 300 g/mol. The summed E-state index contributed by atoms with van der Waals surface area (Å²) in [7, 11) is 1.58. The zero-order valence-electron chi connectivity index (χ0n) is 13.0. The molecule has 0 fully saturated rings. The van der Waals surface area contributed by atoms with Gasteiger partial charge in [0.1, 0.15) is 11.5 Å². The number of benzene rings is 2. The molecular weight excluding hydrogens is 280 g/mol. The van der Waals surface area contributed by atoms with Crippen LogP contribution in [0.1, 0.15) is 16.7 Å². The fourth-order valence-electron chi connectivity index (χ4n) is 2.36. The lowest BCUT2D eigenvalue weighted by Crippen LogP contribution is -2.29. The molecule has 0 aliphatic carbocycles. The molecule has 22 heavy (non-hydrogen) atoms. The van der Waals surface area contributed by atoms with E-state index in [1.165, 1.54) is 0 Å². The Morgan fingerprint density at radius 1 is 1.09 bits per heavy atom. The van der Waals surface area contributed by atoms with Gasteiger partial charge in [0.2, 0.25) is 0 Å². The van der Waals surface area contributed by atoms with Gasteiger partial charge in [0.15, 0.2) is 6.10 Å². The molecule has 116 valence electrons. The average Bonchev–Trinajstić information content (AvgIpc) is 2.45. The minimum absolute atomic E-state index is 0.277. The Hall–Kier alpha value is -2.49. The van der Waals surface area contributed by atoms with E-state index in [9.17, 15) is 9.90 Å². The monoisotopic (exact) mass is 300 g/mol. The Morgan fingerprint density at radius 3 is 2.36 bits per heavy atom. The quantitative estimate of drug-likeness (QED) is 0.888. The molecule has 0 aliphatic rings. The highest BCUT2D eigenvalue weighted by atomic mass is 16.5. The van der Waals surface area contributed by atoms with Gasteiger partial charge in [0.25, 0.3) is 0 Å². The first-order valence-electron chi connectivity index (χ1n) is 7.08. The fraction of sp³-hybridized carbons (Fsp3) is 0.278. The van der Waals surface area contributed by atoms with E-state index in [4.69, 9.17) is 9.47 Å². The lowest BCUT2D eigenvalue weighted by molar-refractivity contribution is -0.145. The Kier molecular flexibility index (Phi) is 5.04. The molecule has 0 saturated heterocycles. The van der Waals surface area contributed by atoms with E-state index < -0.39 is 12.1 Å². The predicted octanol–water partition coefficient (Wildman–Crippen LogP) is 3.39. The van der Waals surface area contributed by atoms with Crippen molar-refractivity contribution in [3.8, 4) is 11.5 Å². The van der Waals surface area contributed by atoms with Crippen LogP contribution in [0.3, 0.4) is 0 Å². The van der Waals surface area contributed by atoms with Gasteiger partial charge in [-0.05, 0) is 54.8 Å². The minimum Gasteiger partial charge on any atom is -0.497 e. The number of rotatable bonds is 6. The van der Waals surface area contributed by atoms with Crippen LogP contribution in [0.5, 0.6) is 11.5 Å². The zero-order chi connectivity index (χ0) is 16.1. The lowest BCUT2D eigenvalue weighted by atomic mass is 10.1.